The summed E-state index contributed by atoms with van der Waals surface area (Å²) >= 11 is 0. The van der Waals surface area contributed by atoms with Gasteiger partial charge in [0, 0.05) is 0 Å². The van der Waals surface area contributed by atoms with Gasteiger partial charge in [0.1, 0.15) is 11.7 Å². The largest absolute Gasteiger partial charge is 0.499 e. The molecule has 0 aliphatic carbocycles. The molecule has 0 saturated heterocycles. The number of aliphatic hydroxyl groups is 3. The third kappa shape index (κ3) is 4.35. The molecule has 1 rings (SSSR count). The van der Waals surface area contributed by atoms with Crippen LogP contribution in [0.4, 0.5) is 0 Å². The summed E-state index contributed by atoms with van der Waals surface area (Å²) in [5.74, 6) is -1.85. The van der Waals surface area contributed by atoms with E-state index in [1.807, 2.05) is 19.9 Å². The lowest BCUT2D eigenvalue weighted by atomic mass is 9.98. The van der Waals surface area contributed by atoms with Gasteiger partial charge in [-0.3, -0.25) is 0 Å². The lowest BCUT2D eigenvalue weighted by molar-refractivity contribution is -0.148. The first-order valence-electron chi connectivity index (χ1n) is 7.13. The molecule has 0 spiro atoms. The van der Waals surface area contributed by atoms with Gasteiger partial charge in [0.15, 0.2) is 11.9 Å². The Balaban J connectivity index is 2.93. The van der Waals surface area contributed by atoms with Gasteiger partial charge in [0.2, 0.25) is 5.76 Å². The van der Waals surface area contributed by atoms with E-state index in [2.05, 4.69) is 6.58 Å². The first-order valence-corrected chi connectivity index (χ1v) is 7.13. The fraction of sp³-hybridized carbons (Fsp3) is 0.562. The summed E-state index contributed by atoms with van der Waals surface area (Å²) in [5, 5.41) is 28.5. The molecular formula is C16H24O6. The van der Waals surface area contributed by atoms with E-state index in [9.17, 15) is 15.0 Å². The molecular weight excluding hydrogens is 288 g/mol. The van der Waals surface area contributed by atoms with Gasteiger partial charge in [0.05, 0.1) is 6.61 Å². The van der Waals surface area contributed by atoms with Crippen molar-refractivity contribution in [2.45, 2.75) is 51.4 Å². The van der Waals surface area contributed by atoms with Crippen LogP contribution in [0.1, 0.15) is 33.6 Å². The minimum Gasteiger partial charge on any atom is -0.499 e. The van der Waals surface area contributed by atoms with Crippen molar-refractivity contribution in [1.29, 1.82) is 0 Å². The Hall–Kier alpha value is -1.79. The molecule has 6 nitrogen and oxygen atoms in total. The molecule has 1 aliphatic rings. The second kappa shape index (κ2) is 7.47. The number of carbonyl (C=O) groups excluding carboxylic acids is 1. The second-order valence-corrected chi connectivity index (χ2v) is 5.73. The maximum atomic E-state index is 11.5. The molecule has 1 heterocycles. The SMILES string of the molecule is C=CC(C)(CCC=C(C)C)OC1=C(O)C(=O)O[C@@H]1[C@@H](O)CO. The number of ether oxygens (including phenoxy) is 2. The van der Waals surface area contributed by atoms with Crippen molar-refractivity contribution in [3.8, 4) is 0 Å². The van der Waals surface area contributed by atoms with E-state index in [0.717, 1.165) is 6.42 Å². The van der Waals surface area contributed by atoms with E-state index in [0.29, 0.717) is 6.42 Å². The Bertz CT molecular complexity index is 489. The van der Waals surface area contributed by atoms with E-state index in [4.69, 9.17) is 14.6 Å². The zero-order valence-electron chi connectivity index (χ0n) is 13.2. The number of carbonyl (C=O) groups is 1. The maximum absolute atomic E-state index is 11.5. The molecule has 0 bridgehead atoms. The molecule has 3 N–H and O–H groups in total. The van der Waals surface area contributed by atoms with E-state index >= 15 is 0 Å². The Morgan fingerprint density at radius 1 is 1.55 bits per heavy atom. The van der Waals surface area contributed by atoms with Gasteiger partial charge in [-0.05, 0) is 39.7 Å². The number of hydrogen-bond acceptors (Lipinski definition) is 6. The van der Waals surface area contributed by atoms with E-state index in [1.165, 1.54) is 5.57 Å². The number of rotatable bonds is 8. The predicted molar refractivity (Wildman–Crippen MR) is 81.0 cm³/mol. The van der Waals surface area contributed by atoms with Gasteiger partial charge in [-0.2, -0.15) is 0 Å². The minimum absolute atomic E-state index is 0.175. The molecule has 124 valence electrons. The van der Waals surface area contributed by atoms with Crippen molar-refractivity contribution in [2.24, 2.45) is 0 Å². The summed E-state index contributed by atoms with van der Waals surface area (Å²) in [6.45, 7) is 8.82. The standard InChI is InChI=1S/C16H24O6/c1-5-16(4,8-6-7-10(2)3)22-14-12(19)15(20)21-13(14)11(18)9-17/h5,7,11,13,17-19H,1,6,8-9H2,2-4H3/t11-,13+,16?/m0/s1. The molecule has 0 amide bonds. The summed E-state index contributed by atoms with van der Waals surface area (Å²) in [4.78, 5) is 11.5. The number of cyclic esters (lactones) is 1. The summed E-state index contributed by atoms with van der Waals surface area (Å²) in [5.41, 5.74) is 0.317. The molecule has 0 fully saturated rings. The third-order valence-corrected chi connectivity index (χ3v) is 3.42. The molecule has 3 atom stereocenters. The number of hydrogen-bond donors (Lipinski definition) is 3. The Morgan fingerprint density at radius 2 is 2.18 bits per heavy atom. The third-order valence-electron chi connectivity index (χ3n) is 3.42. The van der Waals surface area contributed by atoms with E-state index in [-0.39, 0.29) is 5.76 Å². The Labute approximate surface area is 130 Å². The van der Waals surface area contributed by atoms with Crippen LogP contribution in [0.25, 0.3) is 0 Å². The molecule has 0 saturated carbocycles. The molecule has 1 aliphatic heterocycles. The van der Waals surface area contributed by atoms with Crippen molar-refractivity contribution in [1.82, 2.24) is 0 Å². The van der Waals surface area contributed by atoms with Crippen molar-refractivity contribution in [2.75, 3.05) is 6.61 Å². The molecule has 0 aromatic rings. The zero-order valence-corrected chi connectivity index (χ0v) is 13.2. The van der Waals surface area contributed by atoms with Gasteiger partial charge < -0.3 is 24.8 Å². The van der Waals surface area contributed by atoms with Gasteiger partial charge in [0.25, 0.3) is 0 Å². The molecule has 22 heavy (non-hydrogen) atoms. The van der Waals surface area contributed by atoms with Crippen LogP contribution in [0.2, 0.25) is 0 Å². The fourth-order valence-electron chi connectivity index (χ4n) is 2.01. The molecule has 6 heteroatoms. The van der Waals surface area contributed by atoms with Crippen molar-refractivity contribution in [3.63, 3.8) is 0 Å². The van der Waals surface area contributed by atoms with Crippen LogP contribution in [0.15, 0.2) is 35.8 Å². The highest BCUT2D eigenvalue weighted by Gasteiger charge is 2.43. The van der Waals surface area contributed by atoms with Crippen LogP contribution in [0, 0.1) is 0 Å². The highest BCUT2D eigenvalue weighted by molar-refractivity contribution is 5.89. The molecule has 0 aromatic heterocycles. The van der Waals surface area contributed by atoms with Gasteiger partial charge in [-0.25, -0.2) is 4.79 Å². The molecule has 1 unspecified atom stereocenters. The van der Waals surface area contributed by atoms with Gasteiger partial charge >= 0.3 is 5.97 Å². The number of aliphatic hydroxyl groups excluding tert-OH is 3. The first kappa shape index (κ1) is 18.3. The van der Waals surface area contributed by atoms with Crippen LogP contribution in [0.3, 0.4) is 0 Å². The molecule has 0 aromatic carbocycles. The summed E-state index contributed by atoms with van der Waals surface area (Å²) in [6, 6.07) is 0. The quantitative estimate of drug-likeness (QED) is 0.467. The highest BCUT2D eigenvalue weighted by atomic mass is 16.6. The Kier molecular flexibility index (Phi) is 6.20. The number of allylic oxidation sites excluding steroid dienone is 2. The first-order chi connectivity index (χ1) is 10.2. The fourth-order valence-corrected chi connectivity index (χ4v) is 2.01. The molecule has 0 radical (unpaired) electrons. The Morgan fingerprint density at radius 3 is 2.68 bits per heavy atom. The van der Waals surface area contributed by atoms with Gasteiger partial charge in [-0.1, -0.05) is 18.2 Å². The lowest BCUT2D eigenvalue weighted by Crippen LogP contribution is -2.36. The smallest absolute Gasteiger partial charge is 0.378 e. The van der Waals surface area contributed by atoms with Crippen LogP contribution in [-0.4, -0.2) is 45.7 Å². The van der Waals surface area contributed by atoms with Crippen molar-refractivity contribution < 1.29 is 29.6 Å². The van der Waals surface area contributed by atoms with Crippen LogP contribution < -0.4 is 0 Å². The average Bonchev–Trinajstić information content (AvgIpc) is 2.74. The topological polar surface area (TPSA) is 96.2 Å². The summed E-state index contributed by atoms with van der Waals surface area (Å²) < 4.78 is 10.5. The zero-order chi connectivity index (χ0) is 16.9. The lowest BCUT2D eigenvalue weighted by Gasteiger charge is -2.30. The van der Waals surface area contributed by atoms with Crippen molar-refractivity contribution in [3.05, 3.63) is 35.8 Å². The minimum atomic E-state index is -1.37. The second-order valence-electron chi connectivity index (χ2n) is 5.73. The predicted octanol–water partition coefficient (Wildman–Crippen LogP) is 1.74. The average molecular weight is 312 g/mol. The van der Waals surface area contributed by atoms with Crippen LogP contribution in [-0.2, 0) is 14.3 Å². The monoisotopic (exact) mass is 312 g/mol. The summed E-state index contributed by atoms with van der Waals surface area (Å²) in [6.07, 6.45) is 2.30. The van der Waals surface area contributed by atoms with E-state index in [1.54, 1.807) is 13.0 Å². The van der Waals surface area contributed by atoms with Crippen LogP contribution >= 0.6 is 0 Å². The van der Waals surface area contributed by atoms with Gasteiger partial charge in [-0.15, -0.1) is 0 Å². The number of esters is 1. The maximum Gasteiger partial charge on any atom is 0.378 e. The van der Waals surface area contributed by atoms with E-state index < -0.39 is 36.1 Å². The highest BCUT2D eigenvalue weighted by Crippen LogP contribution is 2.32. The normalized spacial score (nSPS) is 21.9. The summed E-state index contributed by atoms with van der Waals surface area (Å²) in [7, 11) is 0. The van der Waals surface area contributed by atoms with Crippen molar-refractivity contribution >= 4 is 5.97 Å². The van der Waals surface area contributed by atoms with Crippen LogP contribution in [0.5, 0.6) is 0 Å².